The number of hydrogen-bond donors (Lipinski definition) is 0. The third-order valence-corrected chi connectivity index (χ3v) is 9.27. The zero-order valence-electron chi connectivity index (χ0n) is 24.5. The summed E-state index contributed by atoms with van der Waals surface area (Å²) in [4.78, 5) is 15.2. The normalized spacial score (nSPS) is 13.4. The van der Waals surface area contributed by atoms with Gasteiger partial charge in [-0.1, -0.05) is 123 Å². The Bertz CT molecular complexity index is 2350. The van der Waals surface area contributed by atoms with Gasteiger partial charge in [0.1, 0.15) is 0 Å². The van der Waals surface area contributed by atoms with Gasteiger partial charge in [-0.15, -0.1) is 0 Å². The summed E-state index contributed by atoms with van der Waals surface area (Å²) in [6.45, 7) is 4.70. The molecule has 0 radical (unpaired) electrons. The van der Waals surface area contributed by atoms with E-state index in [-0.39, 0.29) is 5.41 Å². The lowest BCUT2D eigenvalue weighted by Gasteiger charge is -2.24. The van der Waals surface area contributed by atoms with Crippen LogP contribution in [0, 0.1) is 0 Å². The van der Waals surface area contributed by atoms with Crippen molar-refractivity contribution in [3.63, 3.8) is 0 Å². The second kappa shape index (κ2) is 9.19. The van der Waals surface area contributed by atoms with Crippen LogP contribution in [0.5, 0.6) is 0 Å². The lowest BCUT2D eigenvalue weighted by atomic mass is 9.80. The average Bonchev–Trinajstić information content (AvgIpc) is 3.55. The lowest BCUT2D eigenvalue weighted by molar-refractivity contribution is 0.664. The monoisotopic (exact) mass is 564 g/mol. The first-order valence-electron chi connectivity index (χ1n) is 15.0. The van der Waals surface area contributed by atoms with Gasteiger partial charge in [0.25, 0.3) is 0 Å². The highest BCUT2D eigenvalue weighted by molar-refractivity contribution is 6.26. The summed E-state index contributed by atoms with van der Waals surface area (Å²) in [7, 11) is 0. The standard InChI is InChI=1S/C40H28N4/c1-40(2)31-20-12-11-19-29(31)35-27-17-9-10-18-28(27)36-30-21-22-41-24-34(30)44(38(36)37(35)40)39-42-32(25-13-5-3-6-14-25)23-33(43-39)26-15-7-4-8-16-26/h3-24H,1-2H3. The fourth-order valence-electron chi connectivity index (χ4n) is 7.34. The van der Waals surface area contributed by atoms with E-state index in [1.165, 1.54) is 38.4 Å². The van der Waals surface area contributed by atoms with Crippen molar-refractivity contribution >= 4 is 32.6 Å². The van der Waals surface area contributed by atoms with Gasteiger partial charge in [0.2, 0.25) is 5.95 Å². The molecule has 9 rings (SSSR count). The summed E-state index contributed by atoms with van der Waals surface area (Å²) in [6.07, 6.45) is 3.86. The number of benzene rings is 5. The van der Waals surface area contributed by atoms with E-state index < -0.39 is 0 Å². The molecule has 0 aliphatic heterocycles. The molecule has 0 fully saturated rings. The Morgan fingerprint density at radius 1 is 0.614 bits per heavy atom. The van der Waals surface area contributed by atoms with Crippen LogP contribution in [0.25, 0.3) is 72.2 Å². The number of hydrogen-bond acceptors (Lipinski definition) is 3. The highest BCUT2D eigenvalue weighted by atomic mass is 15.2. The van der Waals surface area contributed by atoms with E-state index >= 15 is 0 Å². The molecule has 44 heavy (non-hydrogen) atoms. The van der Waals surface area contributed by atoms with Gasteiger partial charge in [0.05, 0.1) is 28.6 Å². The zero-order chi connectivity index (χ0) is 29.4. The van der Waals surface area contributed by atoms with Crippen molar-refractivity contribution in [2.75, 3.05) is 0 Å². The lowest BCUT2D eigenvalue weighted by Crippen LogP contribution is -2.17. The fraction of sp³-hybridized carbons (Fsp3) is 0.0750. The van der Waals surface area contributed by atoms with Crippen molar-refractivity contribution in [1.82, 2.24) is 19.5 Å². The summed E-state index contributed by atoms with van der Waals surface area (Å²) in [5.74, 6) is 0.641. The second-order valence-electron chi connectivity index (χ2n) is 12.1. The third-order valence-electron chi connectivity index (χ3n) is 9.27. The zero-order valence-corrected chi connectivity index (χ0v) is 24.5. The first-order valence-corrected chi connectivity index (χ1v) is 15.0. The van der Waals surface area contributed by atoms with E-state index in [1.54, 1.807) is 0 Å². The number of rotatable bonds is 3. The number of pyridine rings is 1. The molecule has 208 valence electrons. The Labute approximate surface area is 255 Å². The molecule has 3 aromatic heterocycles. The Hall–Kier alpha value is -5.61. The molecule has 0 saturated carbocycles. The maximum absolute atomic E-state index is 5.30. The molecule has 0 spiro atoms. The van der Waals surface area contributed by atoms with Crippen LogP contribution in [-0.2, 0) is 5.41 Å². The molecule has 0 unspecified atom stereocenters. The molecule has 0 amide bonds. The van der Waals surface area contributed by atoms with Gasteiger partial charge in [-0.05, 0) is 45.2 Å². The van der Waals surface area contributed by atoms with Crippen LogP contribution in [0.2, 0.25) is 0 Å². The summed E-state index contributed by atoms with van der Waals surface area (Å²) in [5, 5.41) is 4.86. The number of nitrogens with zero attached hydrogens (tertiary/aromatic N) is 4. The molecule has 4 heteroatoms. The van der Waals surface area contributed by atoms with Crippen LogP contribution in [0.15, 0.2) is 134 Å². The first-order chi connectivity index (χ1) is 21.6. The summed E-state index contributed by atoms with van der Waals surface area (Å²) < 4.78 is 2.27. The molecule has 0 bridgehead atoms. The van der Waals surface area contributed by atoms with Gasteiger partial charge >= 0.3 is 0 Å². The Morgan fingerprint density at radius 2 is 1.23 bits per heavy atom. The second-order valence-corrected chi connectivity index (χ2v) is 12.1. The average molecular weight is 565 g/mol. The minimum atomic E-state index is -0.243. The van der Waals surface area contributed by atoms with Gasteiger partial charge < -0.3 is 0 Å². The Morgan fingerprint density at radius 3 is 1.93 bits per heavy atom. The molecule has 1 aliphatic rings. The van der Waals surface area contributed by atoms with E-state index in [9.17, 15) is 0 Å². The molecular formula is C40H28N4. The molecule has 8 aromatic rings. The van der Waals surface area contributed by atoms with Crippen LogP contribution in [0.4, 0.5) is 0 Å². The van der Waals surface area contributed by atoms with Gasteiger partial charge in [-0.25, -0.2) is 9.97 Å². The van der Waals surface area contributed by atoms with Gasteiger partial charge in [-0.2, -0.15) is 0 Å². The maximum Gasteiger partial charge on any atom is 0.235 e. The van der Waals surface area contributed by atoms with E-state index in [0.29, 0.717) is 5.95 Å². The molecule has 1 aliphatic carbocycles. The summed E-state index contributed by atoms with van der Waals surface area (Å²) in [5.41, 5.74) is 11.0. The minimum Gasteiger partial charge on any atom is -0.276 e. The van der Waals surface area contributed by atoms with Crippen molar-refractivity contribution in [1.29, 1.82) is 0 Å². The number of aromatic nitrogens is 4. The molecule has 0 saturated heterocycles. The molecular weight excluding hydrogens is 536 g/mol. The first kappa shape index (κ1) is 24.9. The molecule has 4 nitrogen and oxygen atoms in total. The van der Waals surface area contributed by atoms with E-state index in [0.717, 1.165) is 38.9 Å². The molecule has 5 aromatic carbocycles. The highest BCUT2D eigenvalue weighted by Gasteiger charge is 2.40. The van der Waals surface area contributed by atoms with Crippen molar-refractivity contribution < 1.29 is 0 Å². The fourth-order valence-corrected chi connectivity index (χ4v) is 7.34. The molecule has 3 heterocycles. The van der Waals surface area contributed by atoms with Crippen molar-refractivity contribution in [2.45, 2.75) is 19.3 Å². The van der Waals surface area contributed by atoms with Crippen LogP contribution >= 0.6 is 0 Å². The maximum atomic E-state index is 5.30. The topological polar surface area (TPSA) is 43.6 Å². The van der Waals surface area contributed by atoms with Crippen LogP contribution < -0.4 is 0 Å². The minimum absolute atomic E-state index is 0.243. The van der Waals surface area contributed by atoms with E-state index in [2.05, 4.69) is 133 Å². The van der Waals surface area contributed by atoms with E-state index in [1.807, 2.05) is 24.5 Å². The summed E-state index contributed by atoms with van der Waals surface area (Å²) >= 11 is 0. The van der Waals surface area contributed by atoms with Gasteiger partial charge in [-0.3, -0.25) is 9.55 Å². The van der Waals surface area contributed by atoms with Crippen molar-refractivity contribution in [2.24, 2.45) is 0 Å². The van der Waals surface area contributed by atoms with Crippen LogP contribution in [0.3, 0.4) is 0 Å². The third kappa shape index (κ3) is 3.42. The molecule has 0 N–H and O–H groups in total. The molecule has 0 atom stereocenters. The SMILES string of the molecule is CC1(C)c2ccccc2-c2c1c1c(c3ccccc23)c2ccncc2n1-c1nc(-c2ccccc2)cc(-c2ccccc2)n1. The smallest absolute Gasteiger partial charge is 0.235 e. The summed E-state index contributed by atoms with van der Waals surface area (Å²) in [6, 6.07) is 42.7. The van der Waals surface area contributed by atoms with Gasteiger partial charge in [0, 0.05) is 33.5 Å². The van der Waals surface area contributed by atoms with Crippen molar-refractivity contribution in [3.8, 4) is 39.6 Å². The van der Waals surface area contributed by atoms with Crippen molar-refractivity contribution in [3.05, 3.63) is 145 Å². The Kier molecular flexibility index (Phi) is 5.21. The largest absolute Gasteiger partial charge is 0.276 e. The predicted octanol–water partition coefficient (Wildman–Crippen LogP) is 9.76. The predicted molar refractivity (Wildman–Crippen MR) is 180 cm³/mol. The highest BCUT2D eigenvalue weighted by Crippen LogP contribution is 2.56. The van der Waals surface area contributed by atoms with E-state index in [4.69, 9.17) is 9.97 Å². The quantitative estimate of drug-likeness (QED) is 0.215. The number of fused-ring (bicyclic) bond motifs is 10. The van der Waals surface area contributed by atoms with Crippen LogP contribution in [-0.4, -0.2) is 19.5 Å². The Balaban J connectivity index is 1.49. The van der Waals surface area contributed by atoms with Gasteiger partial charge in [0.15, 0.2) is 0 Å². The van der Waals surface area contributed by atoms with Crippen LogP contribution in [0.1, 0.15) is 25.0 Å².